The Labute approximate surface area is 138 Å². The molecule has 2 heterocycles. The van der Waals surface area contributed by atoms with Crippen LogP contribution in [0.4, 0.5) is 5.69 Å². The molecule has 3 rings (SSSR count). The SMILES string of the molecule is CCC(=O)N=C1S[C@H]2CS(=O)(=O)C[C@@H]2N1c1ccccc1Cl. The van der Waals surface area contributed by atoms with Gasteiger partial charge in [-0.05, 0) is 12.1 Å². The zero-order valence-electron chi connectivity index (χ0n) is 11.9. The van der Waals surface area contributed by atoms with E-state index in [0.717, 1.165) is 0 Å². The molecule has 2 saturated heterocycles. The van der Waals surface area contributed by atoms with Crippen molar-refractivity contribution in [1.29, 1.82) is 0 Å². The highest BCUT2D eigenvalue weighted by atomic mass is 35.5. The molecule has 2 aliphatic heterocycles. The number of hydrogen-bond acceptors (Lipinski definition) is 4. The first-order valence-corrected chi connectivity index (χ1v) is 10.0. The Bertz CT molecular complexity index is 748. The average molecular weight is 359 g/mol. The van der Waals surface area contributed by atoms with Gasteiger partial charge in [-0.3, -0.25) is 4.79 Å². The van der Waals surface area contributed by atoms with E-state index < -0.39 is 9.84 Å². The molecule has 0 radical (unpaired) electrons. The molecule has 0 saturated carbocycles. The Kier molecular flexibility index (Phi) is 4.22. The van der Waals surface area contributed by atoms with Crippen molar-refractivity contribution in [2.75, 3.05) is 16.4 Å². The number of carbonyl (C=O) groups is 1. The van der Waals surface area contributed by atoms with Gasteiger partial charge >= 0.3 is 0 Å². The van der Waals surface area contributed by atoms with E-state index in [-0.39, 0.29) is 28.7 Å². The minimum atomic E-state index is -3.06. The third-order valence-corrected chi connectivity index (χ3v) is 7.23. The van der Waals surface area contributed by atoms with E-state index in [1.165, 1.54) is 11.8 Å². The Morgan fingerprint density at radius 3 is 2.82 bits per heavy atom. The smallest absolute Gasteiger partial charge is 0.247 e. The second kappa shape index (κ2) is 5.86. The summed E-state index contributed by atoms with van der Waals surface area (Å²) in [5.41, 5.74) is 0.698. The summed E-state index contributed by atoms with van der Waals surface area (Å²) in [4.78, 5) is 17.6. The van der Waals surface area contributed by atoms with Crippen molar-refractivity contribution >= 4 is 50.0 Å². The van der Waals surface area contributed by atoms with Gasteiger partial charge in [-0.1, -0.05) is 42.4 Å². The lowest BCUT2D eigenvalue weighted by atomic mass is 10.2. The van der Waals surface area contributed by atoms with Crippen LogP contribution in [-0.4, -0.2) is 42.3 Å². The van der Waals surface area contributed by atoms with Crippen LogP contribution in [0, 0.1) is 0 Å². The summed E-state index contributed by atoms with van der Waals surface area (Å²) in [5, 5.41) is 0.958. The minimum Gasteiger partial charge on any atom is -0.314 e. The maximum atomic E-state index is 11.9. The summed E-state index contributed by atoms with van der Waals surface area (Å²) in [7, 11) is -3.06. The Morgan fingerprint density at radius 2 is 2.14 bits per heavy atom. The lowest BCUT2D eigenvalue weighted by molar-refractivity contribution is -0.117. The third kappa shape index (κ3) is 2.89. The number of nitrogens with zero attached hydrogens (tertiary/aromatic N) is 2. The largest absolute Gasteiger partial charge is 0.314 e. The summed E-state index contributed by atoms with van der Waals surface area (Å²) in [6, 6.07) is 6.99. The molecular weight excluding hydrogens is 344 g/mol. The number of para-hydroxylation sites is 1. The number of anilines is 1. The average Bonchev–Trinajstić information content (AvgIpc) is 2.91. The first-order valence-electron chi connectivity index (χ1n) is 6.93. The molecule has 118 valence electrons. The number of benzene rings is 1. The molecule has 22 heavy (non-hydrogen) atoms. The van der Waals surface area contributed by atoms with Gasteiger partial charge in [0.1, 0.15) is 0 Å². The maximum Gasteiger partial charge on any atom is 0.247 e. The number of hydrogen-bond donors (Lipinski definition) is 0. The molecule has 5 nitrogen and oxygen atoms in total. The first kappa shape index (κ1) is 15.8. The highest BCUT2D eigenvalue weighted by Crippen LogP contribution is 2.42. The number of sulfone groups is 1. The van der Waals surface area contributed by atoms with E-state index >= 15 is 0 Å². The van der Waals surface area contributed by atoms with Gasteiger partial charge in [0.25, 0.3) is 0 Å². The number of fused-ring (bicyclic) bond motifs is 1. The number of amides is 1. The molecule has 1 amide bonds. The second-order valence-corrected chi connectivity index (χ2v) is 9.03. The van der Waals surface area contributed by atoms with Crippen LogP contribution in [0.5, 0.6) is 0 Å². The highest BCUT2D eigenvalue weighted by molar-refractivity contribution is 8.16. The summed E-state index contributed by atoms with van der Waals surface area (Å²) in [5.74, 6) is -0.0416. The molecule has 1 aromatic rings. The fraction of sp³-hybridized carbons (Fsp3) is 0.429. The van der Waals surface area contributed by atoms with Crippen LogP contribution in [0.2, 0.25) is 5.02 Å². The molecule has 2 atom stereocenters. The minimum absolute atomic E-state index is 0.0647. The standard InChI is InChI=1S/C14H15ClN2O3S2/c1-2-13(18)16-14-17(10-6-4-3-5-9(10)15)11-7-22(19,20)8-12(11)21-14/h3-6,11-12H,2,7-8H2,1H3/t11-,12-/m0/s1. The van der Waals surface area contributed by atoms with Crippen molar-refractivity contribution in [3.8, 4) is 0 Å². The van der Waals surface area contributed by atoms with Gasteiger partial charge in [0.15, 0.2) is 15.0 Å². The Hall–Kier alpha value is -1.05. The fourth-order valence-electron chi connectivity index (χ4n) is 2.68. The zero-order chi connectivity index (χ0) is 15.9. The van der Waals surface area contributed by atoms with Crippen LogP contribution in [-0.2, 0) is 14.6 Å². The lowest BCUT2D eigenvalue weighted by Gasteiger charge is -2.25. The highest BCUT2D eigenvalue weighted by Gasteiger charge is 2.49. The lowest BCUT2D eigenvalue weighted by Crippen LogP contribution is -2.37. The van der Waals surface area contributed by atoms with E-state index in [2.05, 4.69) is 4.99 Å². The van der Waals surface area contributed by atoms with Gasteiger partial charge in [-0.15, -0.1) is 0 Å². The third-order valence-electron chi connectivity index (χ3n) is 3.70. The Morgan fingerprint density at radius 1 is 1.41 bits per heavy atom. The van der Waals surface area contributed by atoms with Crippen molar-refractivity contribution in [1.82, 2.24) is 0 Å². The van der Waals surface area contributed by atoms with Gasteiger partial charge < -0.3 is 4.90 Å². The maximum absolute atomic E-state index is 11.9. The van der Waals surface area contributed by atoms with Gasteiger partial charge in [0.2, 0.25) is 5.91 Å². The predicted molar refractivity (Wildman–Crippen MR) is 90.5 cm³/mol. The normalized spacial score (nSPS) is 28.1. The summed E-state index contributed by atoms with van der Waals surface area (Å²) >= 11 is 7.62. The number of thioether (sulfide) groups is 1. The molecule has 0 unspecified atom stereocenters. The molecule has 8 heteroatoms. The van der Waals surface area contributed by atoms with Crippen molar-refractivity contribution < 1.29 is 13.2 Å². The topological polar surface area (TPSA) is 66.8 Å². The van der Waals surface area contributed by atoms with Crippen molar-refractivity contribution in [3.05, 3.63) is 29.3 Å². The van der Waals surface area contributed by atoms with Crippen LogP contribution in [0.1, 0.15) is 13.3 Å². The summed E-state index contributed by atoms with van der Waals surface area (Å²) in [6.07, 6.45) is 0.314. The molecule has 0 aliphatic carbocycles. The fourth-order valence-corrected chi connectivity index (χ4v) is 6.83. The number of amidine groups is 1. The first-order chi connectivity index (χ1) is 10.4. The zero-order valence-corrected chi connectivity index (χ0v) is 14.3. The molecule has 2 aliphatic rings. The van der Waals surface area contributed by atoms with Crippen molar-refractivity contribution in [3.63, 3.8) is 0 Å². The van der Waals surface area contributed by atoms with E-state index in [1.54, 1.807) is 13.0 Å². The van der Waals surface area contributed by atoms with Crippen LogP contribution in [0.25, 0.3) is 0 Å². The number of aliphatic imine (C=N–C) groups is 1. The predicted octanol–water partition coefficient (Wildman–Crippen LogP) is 2.35. The molecule has 0 N–H and O–H groups in total. The van der Waals surface area contributed by atoms with Gasteiger partial charge in [-0.25, -0.2) is 8.42 Å². The second-order valence-electron chi connectivity index (χ2n) is 5.26. The molecule has 0 aromatic heterocycles. The quantitative estimate of drug-likeness (QED) is 0.811. The van der Waals surface area contributed by atoms with Crippen molar-refractivity contribution in [2.45, 2.75) is 24.6 Å². The molecule has 0 spiro atoms. The number of carbonyl (C=O) groups excluding carboxylic acids is 1. The summed E-state index contributed by atoms with van der Waals surface area (Å²) in [6.45, 7) is 1.75. The molecular formula is C14H15ClN2O3S2. The number of halogens is 1. The monoisotopic (exact) mass is 358 g/mol. The van der Waals surface area contributed by atoms with Crippen LogP contribution < -0.4 is 4.90 Å². The van der Waals surface area contributed by atoms with Crippen LogP contribution in [0.3, 0.4) is 0 Å². The van der Waals surface area contributed by atoms with E-state index in [4.69, 9.17) is 11.6 Å². The van der Waals surface area contributed by atoms with Gasteiger partial charge in [0, 0.05) is 11.7 Å². The van der Waals surface area contributed by atoms with Crippen LogP contribution >= 0.6 is 23.4 Å². The van der Waals surface area contributed by atoms with E-state index in [9.17, 15) is 13.2 Å². The molecule has 0 bridgehead atoms. The van der Waals surface area contributed by atoms with Crippen LogP contribution in [0.15, 0.2) is 29.3 Å². The van der Waals surface area contributed by atoms with Gasteiger partial charge in [-0.2, -0.15) is 4.99 Å². The van der Waals surface area contributed by atoms with E-state index in [0.29, 0.717) is 22.3 Å². The van der Waals surface area contributed by atoms with Gasteiger partial charge in [0.05, 0.1) is 28.3 Å². The molecule has 1 aromatic carbocycles. The summed E-state index contributed by atoms with van der Waals surface area (Å²) < 4.78 is 23.8. The molecule has 2 fully saturated rings. The number of rotatable bonds is 2. The van der Waals surface area contributed by atoms with E-state index in [1.807, 2.05) is 23.1 Å². The van der Waals surface area contributed by atoms with Crippen molar-refractivity contribution in [2.24, 2.45) is 4.99 Å². The Balaban J connectivity index is 2.05.